The number of carbonyl (C=O) groups is 3. The van der Waals surface area contributed by atoms with E-state index in [2.05, 4.69) is 6.58 Å². The summed E-state index contributed by atoms with van der Waals surface area (Å²) in [6.07, 6.45) is 16.9. The second kappa shape index (κ2) is 22.6. The molecule has 1 rings (SSSR count). The molecule has 51 heavy (non-hydrogen) atoms. The molecule has 0 aliphatic heterocycles. The molecule has 0 aromatic carbocycles. The van der Waals surface area contributed by atoms with Crippen molar-refractivity contribution in [1.82, 2.24) is 0 Å². The maximum absolute atomic E-state index is 13.2. The van der Waals surface area contributed by atoms with Crippen molar-refractivity contribution >= 4 is 17.7 Å². The van der Waals surface area contributed by atoms with Gasteiger partial charge in [-0.1, -0.05) is 122 Å². The predicted molar refractivity (Wildman–Crippen MR) is 199 cm³/mol. The Morgan fingerprint density at radius 3 is 1.84 bits per heavy atom. The maximum atomic E-state index is 13.2. The van der Waals surface area contributed by atoms with Crippen molar-refractivity contribution in [3.63, 3.8) is 0 Å². The Morgan fingerprint density at radius 2 is 1.29 bits per heavy atom. The zero-order valence-electron chi connectivity index (χ0n) is 30.9. The summed E-state index contributed by atoms with van der Waals surface area (Å²) < 4.78 is 10.3. The Kier molecular flexibility index (Phi) is 19.9. The van der Waals surface area contributed by atoms with E-state index < -0.39 is 67.5 Å². The van der Waals surface area contributed by atoms with Gasteiger partial charge in [0.2, 0.25) is 0 Å². The number of aliphatic hydroxyl groups is 5. The number of esters is 2. The Labute approximate surface area is 302 Å². The zero-order valence-corrected chi connectivity index (χ0v) is 30.9. The summed E-state index contributed by atoms with van der Waals surface area (Å²) in [5.74, 6) is -1.97. The van der Waals surface area contributed by atoms with E-state index in [0.29, 0.717) is 5.57 Å². The van der Waals surface area contributed by atoms with E-state index in [1.165, 1.54) is 0 Å². The number of aliphatic hydroxyl groups excluding tert-OH is 5. The summed E-state index contributed by atoms with van der Waals surface area (Å²) in [5, 5.41) is 47.5. The smallest absolute Gasteiger partial charge is 0.307 e. The van der Waals surface area contributed by atoms with Crippen molar-refractivity contribution < 1.29 is 49.4 Å². The SMILES string of the molecule is C=CC(C)=CC=CC(C)=CC=CC=C(C)C=CC=C(C)C=CC1=C(C)C(=O)C(OC(=O)CCC(=O)OCC(O)C(O)C(O)C(O)CO)CC1(C)C. The highest BCUT2D eigenvalue weighted by atomic mass is 16.6. The quantitative estimate of drug-likeness (QED) is 0.0891. The molecule has 1 aliphatic rings. The van der Waals surface area contributed by atoms with E-state index in [4.69, 9.17) is 14.6 Å². The molecule has 0 amide bonds. The van der Waals surface area contributed by atoms with Crippen LogP contribution in [0.4, 0.5) is 0 Å². The average molecular weight is 709 g/mol. The molecular weight excluding hydrogens is 652 g/mol. The molecule has 0 fully saturated rings. The van der Waals surface area contributed by atoms with Crippen molar-refractivity contribution in [3.05, 3.63) is 119 Å². The van der Waals surface area contributed by atoms with Crippen LogP contribution in [0, 0.1) is 5.41 Å². The molecule has 0 aromatic rings. The summed E-state index contributed by atoms with van der Waals surface area (Å²) >= 11 is 0. The average Bonchev–Trinajstić information content (AvgIpc) is 3.08. The van der Waals surface area contributed by atoms with Crippen LogP contribution >= 0.6 is 0 Å². The molecule has 0 saturated carbocycles. The maximum Gasteiger partial charge on any atom is 0.307 e. The number of Topliss-reactive ketones (excluding diaryl/α,β-unsaturated/α-hetero) is 1. The first kappa shape index (κ1) is 44.8. The largest absolute Gasteiger partial charge is 0.463 e. The number of rotatable bonds is 19. The fourth-order valence-corrected chi connectivity index (χ4v) is 4.90. The third-order valence-electron chi connectivity index (χ3n) is 8.14. The van der Waals surface area contributed by atoms with Gasteiger partial charge in [0, 0.05) is 6.42 Å². The molecule has 10 nitrogen and oxygen atoms in total. The molecule has 0 heterocycles. The lowest BCUT2D eigenvalue weighted by molar-refractivity contribution is -0.161. The summed E-state index contributed by atoms with van der Waals surface area (Å²) in [4.78, 5) is 37.7. The normalized spacial score (nSPS) is 20.4. The van der Waals surface area contributed by atoms with Crippen LogP contribution in [-0.2, 0) is 23.9 Å². The molecule has 5 atom stereocenters. The van der Waals surface area contributed by atoms with Crippen LogP contribution in [0.25, 0.3) is 0 Å². The van der Waals surface area contributed by atoms with Gasteiger partial charge in [-0.25, -0.2) is 0 Å². The molecule has 5 unspecified atom stereocenters. The van der Waals surface area contributed by atoms with E-state index in [9.17, 15) is 34.8 Å². The van der Waals surface area contributed by atoms with Gasteiger partial charge < -0.3 is 35.0 Å². The van der Waals surface area contributed by atoms with E-state index in [1.54, 1.807) is 6.92 Å². The lowest BCUT2D eigenvalue weighted by Crippen LogP contribution is -2.47. The van der Waals surface area contributed by atoms with Gasteiger partial charge in [-0.2, -0.15) is 0 Å². The highest BCUT2D eigenvalue weighted by Gasteiger charge is 2.40. The van der Waals surface area contributed by atoms with Crippen LogP contribution in [0.2, 0.25) is 0 Å². The summed E-state index contributed by atoms with van der Waals surface area (Å²) in [5.41, 5.74) is 5.11. The van der Waals surface area contributed by atoms with Crippen LogP contribution in [0.15, 0.2) is 119 Å². The van der Waals surface area contributed by atoms with E-state index in [1.807, 2.05) is 121 Å². The van der Waals surface area contributed by atoms with Crippen LogP contribution in [0.5, 0.6) is 0 Å². The van der Waals surface area contributed by atoms with Crippen LogP contribution < -0.4 is 0 Å². The van der Waals surface area contributed by atoms with Crippen molar-refractivity contribution in [1.29, 1.82) is 0 Å². The summed E-state index contributed by atoms with van der Waals surface area (Å²) in [6.45, 7) is 15.8. The Morgan fingerprint density at radius 1 is 0.804 bits per heavy atom. The Bertz CT molecular complexity index is 1500. The van der Waals surface area contributed by atoms with Gasteiger partial charge in [0.15, 0.2) is 11.9 Å². The first-order chi connectivity index (χ1) is 23.9. The van der Waals surface area contributed by atoms with Crippen molar-refractivity contribution in [2.45, 2.75) is 98.2 Å². The Balaban J connectivity index is 2.74. The number of ketones is 1. The lowest BCUT2D eigenvalue weighted by Gasteiger charge is -2.36. The Hall–Kier alpha value is -4.19. The van der Waals surface area contributed by atoms with E-state index >= 15 is 0 Å². The summed E-state index contributed by atoms with van der Waals surface area (Å²) in [7, 11) is 0. The molecular formula is C41H56O10. The monoisotopic (exact) mass is 708 g/mol. The van der Waals surface area contributed by atoms with Gasteiger partial charge in [-0.3, -0.25) is 14.4 Å². The molecule has 0 saturated heterocycles. The molecule has 10 heteroatoms. The molecule has 0 bridgehead atoms. The molecule has 0 spiro atoms. The van der Waals surface area contributed by atoms with Gasteiger partial charge in [-0.05, 0) is 51.2 Å². The van der Waals surface area contributed by atoms with E-state index in [-0.39, 0.29) is 18.6 Å². The molecule has 5 N–H and O–H groups in total. The zero-order chi connectivity index (χ0) is 38.7. The van der Waals surface area contributed by atoms with Gasteiger partial charge in [0.25, 0.3) is 0 Å². The minimum Gasteiger partial charge on any atom is -0.463 e. The van der Waals surface area contributed by atoms with Crippen LogP contribution in [0.1, 0.15) is 67.7 Å². The molecule has 1 aliphatic carbocycles. The second-order valence-electron chi connectivity index (χ2n) is 13.2. The second-order valence-corrected chi connectivity index (χ2v) is 13.2. The van der Waals surface area contributed by atoms with Crippen molar-refractivity contribution in [3.8, 4) is 0 Å². The number of carbonyl (C=O) groups excluding carboxylic acids is 3. The fourth-order valence-electron chi connectivity index (χ4n) is 4.90. The van der Waals surface area contributed by atoms with Gasteiger partial charge >= 0.3 is 11.9 Å². The number of ether oxygens (including phenoxy) is 2. The first-order valence-electron chi connectivity index (χ1n) is 16.9. The van der Waals surface area contributed by atoms with E-state index in [0.717, 1.165) is 27.9 Å². The van der Waals surface area contributed by atoms with Gasteiger partial charge in [0.1, 0.15) is 31.0 Å². The standard InChI is InChI=1S/C41H56O10/c1-9-27(2)16-12-17-28(3)14-10-11-15-29(4)18-13-19-30(5)20-21-32-31(6)38(47)35(24-41(32,7)8)51-37(46)23-22-36(45)50-26-34(44)40(49)39(48)33(43)25-42/h9-21,33-35,39-40,42-44,48-49H,1,22-26H2,2-8H3. The fraction of sp³-hybridized carbons (Fsp3) is 0.439. The third-order valence-corrected chi connectivity index (χ3v) is 8.14. The van der Waals surface area contributed by atoms with Crippen molar-refractivity contribution in [2.24, 2.45) is 5.41 Å². The highest BCUT2D eigenvalue weighted by Crippen LogP contribution is 2.41. The minimum absolute atomic E-state index is 0.252. The van der Waals surface area contributed by atoms with Crippen LogP contribution in [0.3, 0.4) is 0 Å². The van der Waals surface area contributed by atoms with Gasteiger partial charge in [-0.15, -0.1) is 0 Å². The topological polar surface area (TPSA) is 171 Å². The van der Waals surface area contributed by atoms with Gasteiger partial charge in [0.05, 0.1) is 19.4 Å². The third kappa shape index (κ3) is 16.6. The minimum atomic E-state index is -1.88. The number of hydrogen-bond acceptors (Lipinski definition) is 10. The lowest BCUT2D eigenvalue weighted by atomic mass is 9.71. The van der Waals surface area contributed by atoms with Crippen molar-refractivity contribution in [2.75, 3.05) is 13.2 Å². The summed E-state index contributed by atoms with van der Waals surface area (Å²) in [6, 6.07) is 0. The number of hydrogen-bond donors (Lipinski definition) is 5. The van der Waals surface area contributed by atoms with Crippen LogP contribution in [-0.4, -0.2) is 87.0 Å². The molecule has 0 radical (unpaired) electrons. The predicted octanol–water partition coefficient (Wildman–Crippen LogP) is 5.17. The first-order valence-corrected chi connectivity index (χ1v) is 16.9. The highest BCUT2D eigenvalue weighted by molar-refractivity contribution is 6.01. The number of allylic oxidation sites excluding steroid dienone is 18. The molecule has 0 aromatic heterocycles. The molecule has 280 valence electrons.